The minimum Gasteiger partial charge on any atom is -0.466 e. The third-order valence-electron chi connectivity index (χ3n) is 7.52. The van der Waals surface area contributed by atoms with Crippen LogP contribution in [0.2, 0.25) is 0 Å². The molecule has 5 rings (SSSR count). The third kappa shape index (κ3) is 2.52. The zero-order valence-corrected chi connectivity index (χ0v) is 17.8. The molecule has 1 aromatic carbocycles. The van der Waals surface area contributed by atoms with Crippen molar-refractivity contribution in [2.45, 2.75) is 18.8 Å². The normalized spacial score (nSPS) is 32.8. The summed E-state index contributed by atoms with van der Waals surface area (Å²) in [6.45, 7) is 2.18. The van der Waals surface area contributed by atoms with Gasteiger partial charge in [-0.3, -0.25) is 4.79 Å². The van der Waals surface area contributed by atoms with Gasteiger partial charge in [-0.25, -0.2) is 9.59 Å². The number of benzene rings is 1. The highest BCUT2D eigenvalue weighted by atomic mass is 16.5. The summed E-state index contributed by atoms with van der Waals surface area (Å²) in [6.07, 6.45) is 8.32. The third-order valence-corrected chi connectivity index (χ3v) is 7.52. The first-order valence-electron chi connectivity index (χ1n) is 10.5. The fourth-order valence-electron chi connectivity index (χ4n) is 6.20. The Balaban J connectivity index is 1.80. The molecule has 4 aliphatic carbocycles. The smallest absolute Gasteiger partial charge is 0.334 e. The molecule has 0 saturated carbocycles. The van der Waals surface area contributed by atoms with Gasteiger partial charge >= 0.3 is 11.9 Å². The van der Waals surface area contributed by atoms with Crippen LogP contribution in [0, 0.1) is 23.7 Å². The number of ether oxygens (including phenoxy) is 2. The monoisotopic (exact) mass is 416 g/mol. The van der Waals surface area contributed by atoms with Crippen LogP contribution in [0.25, 0.3) is 0 Å². The summed E-state index contributed by atoms with van der Waals surface area (Å²) < 4.78 is 10.1. The van der Waals surface area contributed by atoms with Gasteiger partial charge in [-0.2, -0.15) is 0 Å². The Labute approximate surface area is 181 Å². The van der Waals surface area contributed by atoms with Crippen molar-refractivity contribution in [2.24, 2.45) is 23.7 Å². The molecule has 0 fully saturated rings. The van der Waals surface area contributed by atoms with Crippen LogP contribution in [0.1, 0.15) is 18.9 Å². The van der Waals surface area contributed by atoms with E-state index in [0.717, 1.165) is 16.7 Å². The van der Waals surface area contributed by atoms with Gasteiger partial charge < -0.3 is 9.47 Å². The van der Waals surface area contributed by atoms with Crippen LogP contribution in [0.15, 0.2) is 76.9 Å². The number of allylic oxidation sites excluding steroid dienone is 6. The maximum atomic E-state index is 13.0. The van der Waals surface area contributed by atoms with E-state index in [9.17, 15) is 14.4 Å². The number of ketones is 1. The van der Waals surface area contributed by atoms with Crippen molar-refractivity contribution < 1.29 is 23.9 Å². The number of carbonyl (C=O) groups is 3. The van der Waals surface area contributed by atoms with Crippen molar-refractivity contribution in [3.05, 3.63) is 82.5 Å². The van der Waals surface area contributed by atoms with Crippen molar-refractivity contribution in [3.63, 3.8) is 0 Å². The average Bonchev–Trinajstić information content (AvgIpc) is 3.25. The van der Waals surface area contributed by atoms with E-state index in [-0.39, 0.29) is 23.5 Å². The Hall–Kier alpha value is -3.21. The lowest BCUT2D eigenvalue weighted by molar-refractivity contribution is -0.139. The number of carbonyl (C=O) groups excluding carboxylic acids is 3. The Morgan fingerprint density at radius 2 is 1.58 bits per heavy atom. The number of rotatable bonds is 3. The molecular weight excluding hydrogens is 392 g/mol. The van der Waals surface area contributed by atoms with Crippen LogP contribution < -0.4 is 0 Å². The summed E-state index contributed by atoms with van der Waals surface area (Å²) in [4.78, 5) is 38.6. The van der Waals surface area contributed by atoms with Crippen molar-refractivity contribution in [2.75, 3.05) is 14.2 Å². The van der Waals surface area contributed by atoms with Crippen LogP contribution in [-0.2, 0) is 29.3 Å². The number of methoxy groups -OCH3 is 2. The minimum absolute atomic E-state index is 0.0118. The molecule has 0 N–H and O–H groups in total. The van der Waals surface area contributed by atoms with E-state index in [1.54, 1.807) is 6.08 Å². The van der Waals surface area contributed by atoms with Crippen molar-refractivity contribution in [3.8, 4) is 0 Å². The lowest BCUT2D eigenvalue weighted by Crippen LogP contribution is -2.38. The summed E-state index contributed by atoms with van der Waals surface area (Å²) >= 11 is 0. The summed E-state index contributed by atoms with van der Waals surface area (Å²) in [7, 11) is 2.65. The van der Waals surface area contributed by atoms with Gasteiger partial charge in [0.15, 0.2) is 5.78 Å². The molecule has 1 aromatic rings. The van der Waals surface area contributed by atoms with Gasteiger partial charge in [0.25, 0.3) is 0 Å². The molecule has 0 amide bonds. The highest BCUT2D eigenvalue weighted by Gasteiger charge is 2.58. The van der Waals surface area contributed by atoms with Gasteiger partial charge in [0.2, 0.25) is 0 Å². The van der Waals surface area contributed by atoms with E-state index < -0.39 is 23.3 Å². The van der Waals surface area contributed by atoms with Gasteiger partial charge in [0, 0.05) is 23.2 Å². The average molecular weight is 416 g/mol. The Bertz CT molecular complexity index is 1120. The highest BCUT2D eigenvalue weighted by molar-refractivity contribution is 6.05. The number of hydrogen-bond acceptors (Lipinski definition) is 5. The van der Waals surface area contributed by atoms with Crippen molar-refractivity contribution >= 4 is 17.7 Å². The Morgan fingerprint density at radius 1 is 0.935 bits per heavy atom. The van der Waals surface area contributed by atoms with E-state index in [2.05, 4.69) is 25.1 Å². The molecule has 0 spiro atoms. The zero-order chi connectivity index (χ0) is 21.9. The molecule has 0 aliphatic heterocycles. The van der Waals surface area contributed by atoms with Crippen LogP contribution in [0.4, 0.5) is 0 Å². The molecule has 5 unspecified atom stereocenters. The topological polar surface area (TPSA) is 69.7 Å². The molecule has 0 saturated heterocycles. The summed E-state index contributed by atoms with van der Waals surface area (Å²) in [6, 6.07) is 10.2. The molecule has 5 nitrogen and oxygen atoms in total. The maximum Gasteiger partial charge on any atom is 0.334 e. The Kier molecular flexibility index (Phi) is 4.40. The lowest BCUT2D eigenvalue weighted by Gasteiger charge is -2.42. The molecule has 0 radical (unpaired) electrons. The summed E-state index contributed by atoms with van der Waals surface area (Å²) in [5, 5.41) is 0. The predicted molar refractivity (Wildman–Crippen MR) is 114 cm³/mol. The van der Waals surface area contributed by atoms with Gasteiger partial charge in [-0.1, -0.05) is 61.1 Å². The van der Waals surface area contributed by atoms with E-state index in [1.807, 2.05) is 30.4 Å². The SMILES string of the molecule is COC(=O)C1=C(C(=O)OC)C2CC1C1=C2C(C)(c2ccccc2)C2C=CC(=O)C1C=C2. The highest BCUT2D eigenvalue weighted by Crippen LogP contribution is 2.63. The van der Waals surface area contributed by atoms with E-state index in [0.29, 0.717) is 17.6 Å². The fraction of sp³-hybridized carbons (Fsp3) is 0.346. The van der Waals surface area contributed by atoms with Crippen LogP contribution in [0.3, 0.4) is 0 Å². The van der Waals surface area contributed by atoms with Crippen molar-refractivity contribution in [1.29, 1.82) is 0 Å². The predicted octanol–water partition coefficient (Wildman–Crippen LogP) is 3.47. The summed E-state index contributed by atoms with van der Waals surface area (Å²) in [5.74, 6) is -2.10. The molecule has 5 heteroatoms. The fourth-order valence-corrected chi connectivity index (χ4v) is 6.20. The van der Waals surface area contributed by atoms with E-state index >= 15 is 0 Å². The van der Waals surface area contributed by atoms with Crippen LogP contribution in [-0.4, -0.2) is 31.9 Å². The number of hydrogen-bond donors (Lipinski definition) is 0. The molecule has 31 heavy (non-hydrogen) atoms. The van der Waals surface area contributed by atoms with Gasteiger partial charge in [-0.15, -0.1) is 0 Å². The van der Waals surface area contributed by atoms with Crippen LogP contribution in [0.5, 0.6) is 0 Å². The van der Waals surface area contributed by atoms with Gasteiger partial charge in [0.05, 0.1) is 31.3 Å². The molecule has 4 bridgehead atoms. The first kappa shape index (κ1) is 19.7. The van der Waals surface area contributed by atoms with Crippen molar-refractivity contribution in [1.82, 2.24) is 0 Å². The van der Waals surface area contributed by atoms with E-state index in [4.69, 9.17) is 9.47 Å². The summed E-state index contributed by atoms with van der Waals surface area (Å²) in [5.41, 5.74) is 3.43. The quantitative estimate of drug-likeness (QED) is 0.557. The number of esters is 2. The first-order valence-corrected chi connectivity index (χ1v) is 10.5. The number of fused-ring (bicyclic) bond motifs is 7. The molecular formula is C26H24O5. The standard InChI is InChI=1S/C26H24O5/c1-26(14-7-5-4-6-8-14)15-9-11-16(19(27)12-10-15)20-17-13-18(23(20)26)22(25(29)31-3)21(17)24(28)30-2/h4-12,15-18H,13H2,1-3H3. The second-order valence-electron chi connectivity index (χ2n) is 8.74. The van der Waals surface area contributed by atoms with Gasteiger partial charge in [-0.05, 0) is 23.6 Å². The molecule has 0 heterocycles. The zero-order valence-electron chi connectivity index (χ0n) is 17.8. The molecule has 5 atom stereocenters. The van der Waals surface area contributed by atoms with Crippen LogP contribution >= 0.6 is 0 Å². The molecule has 4 aliphatic rings. The second kappa shape index (κ2) is 6.91. The first-order chi connectivity index (χ1) is 14.9. The molecule has 0 aromatic heterocycles. The second-order valence-corrected chi connectivity index (χ2v) is 8.74. The lowest BCUT2D eigenvalue weighted by atomic mass is 9.61. The molecule has 158 valence electrons. The van der Waals surface area contributed by atoms with E-state index in [1.165, 1.54) is 14.2 Å². The van der Waals surface area contributed by atoms with Gasteiger partial charge in [0.1, 0.15) is 0 Å². The largest absolute Gasteiger partial charge is 0.466 e. The Morgan fingerprint density at radius 3 is 2.23 bits per heavy atom. The maximum absolute atomic E-state index is 13.0. The minimum atomic E-state index is -0.524.